The Labute approximate surface area is 92.6 Å². The molecule has 1 heterocycles. The first-order chi connectivity index (χ1) is 7.66. The van der Waals surface area contributed by atoms with E-state index in [0.29, 0.717) is 17.7 Å². The van der Waals surface area contributed by atoms with E-state index in [4.69, 9.17) is 4.74 Å². The fourth-order valence-electron chi connectivity index (χ4n) is 2.00. The fourth-order valence-corrected chi connectivity index (χ4v) is 2.00. The summed E-state index contributed by atoms with van der Waals surface area (Å²) in [6.45, 7) is 1.87. The van der Waals surface area contributed by atoms with Crippen molar-refractivity contribution in [2.75, 3.05) is 5.32 Å². The van der Waals surface area contributed by atoms with Crippen LogP contribution in [0, 0.1) is 5.82 Å². The van der Waals surface area contributed by atoms with Crippen LogP contribution in [0.5, 0.6) is 5.75 Å². The lowest BCUT2D eigenvalue weighted by molar-refractivity contribution is -0.125. The molecule has 1 aliphatic carbocycles. The van der Waals surface area contributed by atoms with Crippen LogP contribution >= 0.6 is 0 Å². The van der Waals surface area contributed by atoms with Crippen molar-refractivity contribution in [2.45, 2.75) is 31.8 Å². The van der Waals surface area contributed by atoms with Crippen LogP contribution < -0.4 is 10.1 Å². The molecule has 84 valence electrons. The van der Waals surface area contributed by atoms with Crippen molar-refractivity contribution in [3.63, 3.8) is 0 Å². The van der Waals surface area contributed by atoms with Crippen molar-refractivity contribution in [1.82, 2.24) is 0 Å². The number of fused-ring (bicyclic) bond motifs is 1. The summed E-state index contributed by atoms with van der Waals surface area (Å²) in [7, 11) is 0. The average molecular weight is 221 g/mol. The first-order valence-electron chi connectivity index (χ1n) is 5.48. The van der Waals surface area contributed by atoms with E-state index >= 15 is 0 Å². The van der Waals surface area contributed by atoms with Crippen LogP contribution in [0.1, 0.15) is 25.3 Å². The molecule has 2 aliphatic rings. The van der Waals surface area contributed by atoms with E-state index in [1.807, 2.05) is 6.92 Å². The fraction of sp³-hybridized carbons (Fsp3) is 0.417. The number of hydrogen-bond acceptors (Lipinski definition) is 2. The number of halogens is 1. The molecule has 3 nitrogen and oxygen atoms in total. The molecule has 16 heavy (non-hydrogen) atoms. The monoisotopic (exact) mass is 221 g/mol. The maximum absolute atomic E-state index is 13.9. The zero-order valence-corrected chi connectivity index (χ0v) is 8.97. The standard InChI is InChI=1S/C12H12FNO2/c1-2-7-3-4-8-10(9(7)13)14-11(15)12(16-8)5-6-12/h3-4H,2,5-6H2,1H3,(H,14,15). The minimum Gasteiger partial charge on any atom is -0.475 e. The Morgan fingerprint density at radius 2 is 2.25 bits per heavy atom. The topological polar surface area (TPSA) is 38.3 Å². The van der Waals surface area contributed by atoms with Crippen molar-refractivity contribution in [2.24, 2.45) is 0 Å². The number of aryl methyl sites for hydroxylation is 1. The van der Waals surface area contributed by atoms with Gasteiger partial charge in [0.25, 0.3) is 5.91 Å². The molecule has 3 rings (SSSR count). The molecule has 1 saturated carbocycles. The predicted molar refractivity (Wildman–Crippen MR) is 57.0 cm³/mol. The van der Waals surface area contributed by atoms with E-state index in [9.17, 15) is 9.18 Å². The van der Waals surface area contributed by atoms with Crippen molar-refractivity contribution >= 4 is 11.6 Å². The van der Waals surface area contributed by atoms with Crippen LogP contribution in [0.4, 0.5) is 10.1 Å². The van der Waals surface area contributed by atoms with Crippen molar-refractivity contribution < 1.29 is 13.9 Å². The van der Waals surface area contributed by atoms with E-state index in [0.717, 1.165) is 12.8 Å². The highest BCUT2D eigenvalue weighted by Crippen LogP contribution is 2.47. The first-order valence-corrected chi connectivity index (χ1v) is 5.48. The Bertz CT molecular complexity index is 480. The molecule has 0 aromatic heterocycles. The molecule has 1 spiro atoms. The summed E-state index contributed by atoms with van der Waals surface area (Å²) in [4.78, 5) is 11.7. The Morgan fingerprint density at radius 1 is 1.50 bits per heavy atom. The summed E-state index contributed by atoms with van der Waals surface area (Å²) in [5.41, 5.74) is 0.0870. The van der Waals surface area contributed by atoms with Crippen LogP contribution in [0.3, 0.4) is 0 Å². The number of ether oxygens (including phenoxy) is 1. The lowest BCUT2D eigenvalue weighted by Gasteiger charge is -2.26. The minimum atomic E-state index is -0.701. The molecule has 1 fully saturated rings. The number of carbonyl (C=O) groups is 1. The van der Waals surface area contributed by atoms with Gasteiger partial charge in [0.1, 0.15) is 11.4 Å². The highest BCUT2D eigenvalue weighted by atomic mass is 19.1. The van der Waals surface area contributed by atoms with Gasteiger partial charge in [-0.25, -0.2) is 4.39 Å². The number of carbonyl (C=O) groups excluding carboxylic acids is 1. The molecule has 0 atom stereocenters. The van der Waals surface area contributed by atoms with Crippen LogP contribution in [0.2, 0.25) is 0 Å². The number of amides is 1. The molecule has 0 radical (unpaired) electrons. The van der Waals surface area contributed by atoms with Gasteiger partial charge in [-0.15, -0.1) is 0 Å². The Balaban J connectivity index is 2.08. The summed E-state index contributed by atoms with van der Waals surface area (Å²) in [6.07, 6.45) is 2.03. The van der Waals surface area contributed by atoms with E-state index in [1.54, 1.807) is 12.1 Å². The van der Waals surface area contributed by atoms with Crippen LogP contribution in [0.25, 0.3) is 0 Å². The number of hydrogen-bond donors (Lipinski definition) is 1. The van der Waals surface area contributed by atoms with Gasteiger partial charge in [0.05, 0.1) is 0 Å². The Morgan fingerprint density at radius 3 is 2.88 bits per heavy atom. The first kappa shape index (κ1) is 9.63. The summed E-state index contributed by atoms with van der Waals surface area (Å²) in [6, 6.07) is 3.44. The van der Waals surface area contributed by atoms with Crippen molar-refractivity contribution in [3.8, 4) is 5.75 Å². The van der Waals surface area contributed by atoms with Crippen LogP contribution in [0.15, 0.2) is 12.1 Å². The lowest BCUT2D eigenvalue weighted by atomic mass is 10.1. The van der Waals surface area contributed by atoms with Crippen molar-refractivity contribution in [1.29, 1.82) is 0 Å². The molecular formula is C12H12FNO2. The summed E-state index contributed by atoms with van der Waals surface area (Å²) >= 11 is 0. The average Bonchev–Trinajstić information content (AvgIpc) is 3.03. The third kappa shape index (κ3) is 1.16. The third-order valence-electron chi connectivity index (χ3n) is 3.23. The minimum absolute atomic E-state index is 0.196. The van der Waals surface area contributed by atoms with Crippen LogP contribution in [-0.2, 0) is 11.2 Å². The van der Waals surface area contributed by atoms with Gasteiger partial charge in [-0.2, -0.15) is 0 Å². The molecule has 0 unspecified atom stereocenters. The number of rotatable bonds is 1. The maximum atomic E-state index is 13.9. The van der Waals surface area contributed by atoms with Gasteiger partial charge in [0.15, 0.2) is 11.4 Å². The molecule has 1 aromatic carbocycles. The van der Waals surface area contributed by atoms with Gasteiger partial charge >= 0.3 is 0 Å². The zero-order valence-electron chi connectivity index (χ0n) is 8.97. The molecule has 1 amide bonds. The van der Waals surface area contributed by atoms with Gasteiger partial charge in [-0.3, -0.25) is 4.79 Å². The molecule has 1 aliphatic heterocycles. The second kappa shape index (κ2) is 2.97. The van der Waals surface area contributed by atoms with Gasteiger partial charge in [-0.1, -0.05) is 13.0 Å². The van der Waals surface area contributed by atoms with Gasteiger partial charge in [0, 0.05) is 12.8 Å². The highest BCUT2D eigenvalue weighted by molar-refractivity contribution is 6.02. The smallest absolute Gasteiger partial charge is 0.268 e. The molecular weight excluding hydrogens is 209 g/mol. The maximum Gasteiger partial charge on any atom is 0.268 e. The SMILES string of the molecule is CCc1ccc2c(c1F)NC(=O)C1(CC1)O2. The van der Waals surface area contributed by atoms with Gasteiger partial charge < -0.3 is 10.1 Å². The second-order valence-electron chi connectivity index (χ2n) is 4.32. The zero-order chi connectivity index (χ0) is 11.3. The molecule has 0 bridgehead atoms. The number of benzene rings is 1. The van der Waals surface area contributed by atoms with Gasteiger partial charge in [-0.05, 0) is 18.1 Å². The third-order valence-corrected chi connectivity index (χ3v) is 3.23. The lowest BCUT2D eigenvalue weighted by Crippen LogP contribution is -2.39. The molecule has 1 aromatic rings. The largest absolute Gasteiger partial charge is 0.475 e. The van der Waals surface area contributed by atoms with E-state index in [1.165, 1.54) is 0 Å². The Kier molecular flexibility index (Phi) is 1.79. The highest BCUT2D eigenvalue weighted by Gasteiger charge is 2.55. The molecule has 4 heteroatoms. The quantitative estimate of drug-likeness (QED) is 0.789. The second-order valence-corrected chi connectivity index (χ2v) is 4.32. The van der Waals surface area contributed by atoms with E-state index < -0.39 is 5.60 Å². The van der Waals surface area contributed by atoms with E-state index in [-0.39, 0.29) is 17.4 Å². The molecule has 1 N–H and O–H groups in total. The summed E-state index contributed by atoms with van der Waals surface area (Å²) in [5, 5.41) is 2.62. The summed E-state index contributed by atoms with van der Waals surface area (Å²) in [5.74, 6) is -0.136. The summed E-state index contributed by atoms with van der Waals surface area (Å²) < 4.78 is 19.5. The van der Waals surface area contributed by atoms with Crippen molar-refractivity contribution in [3.05, 3.63) is 23.5 Å². The Hall–Kier alpha value is -1.58. The van der Waals surface area contributed by atoms with Crippen LogP contribution in [-0.4, -0.2) is 11.5 Å². The number of anilines is 1. The number of nitrogens with one attached hydrogen (secondary N) is 1. The van der Waals surface area contributed by atoms with Gasteiger partial charge in [0.2, 0.25) is 0 Å². The molecule has 0 saturated heterocycles. The van der Waals surface area contributed by atoms with E-state index in [2.05, 4.69) is 5.32 Å². The normalized spacial score (nSPS) is 20.0. The predicted octanol–water partition coefficient (Wildman–Crippen LogP) is 2.25.